The first-order chi connectivity index (χ1) is 12.3. The summed E-state index contributed by atoms with van der Waals surface area (Å²) in [5.74, 6) is 1.12. The first kappa shape index (κ1) is 17.0. The summed E-state index contributed by atoms with van der Waals surface area (Å²) in [4.78, 5) is 21.4. The molecular formula is C20H29N3O2. The third-order valence-electron chi connectivity index (χ3n) is 6.41. The van der Waals surface area contributed by atoms with Crippen LogP contribution < -0.4 is 0 Å². The van der Waals surface area contributed by atoms with Gasteiger partial charge in [-0.2, -0.15) is 0 Å². The second-order valence-corrected chi connectivity index (χ2v) is 7.92. The van der Waals surface area contributed by atoms with Crippen molar-refractivity contribution < 1.29 is 9.53 Å². The van der Waals surface area contributed by atoms with Crippen molar-refractivity contribution >= 4 is 5.91 Å². The molecule has 0 bridgehead atoms. The van der Waals surface area contributed by atoms with Crippen LogP contribution in [0.3, 0.4) is 0 Å². The lowest BCUT2D eigenvalue weighted by Gasteiger charge is -2.46. The van der Waals surface area contributed by atoms with E-state index in [0.717, 1.165) is 58.0 Å². The minimum Gasteiger partial charge on any atom is -0.381 e. The molecule has 3 saturated heterocycles. The van der Waals surface area contributed by atoms with Gasteiger partial charge in [0, 0.05) is 63.7 Å². The Labute approximate surface area is 150 Å². The Morgan fingerprint density at radius 3 is 2.56 bits per heavy atom. The maximum absolute atomic E-state index is 12.5. The van der Waals surface area contributed by atoms with E-state index in [-0.39, 0.29) is 5.54 Å². The van der Waals surface area contributed by atoms with Gasteiger partial charge in [0.05, 0.1) is 0 Å². The topological polar surface area (TPSA) is 45.7 Å². The minimum atomic E-state index is 0.0898. The average molecular weight is 343 g/mol. The fourth-order valence-electron chi connectivity index (χ4n) is 4.77. The summed E-state index contributed by atoms with van der Waals surface area (Å²) < 4.78 is 5.48. The van der Waals surface area contributed by atoms with Gasteiger partial charge >= 0.3 is 0 Å². The van der Waals surface area contributed by atoms with Crippen molar-refractivity contribution in [3.05, 3.63) is 30.1 Å². The van der Waals surface area contributed by atoms with Crippen molar-refractivity contribution in [1.82, 2.24) is 14.8 Å². The van der Waals surface area contributed by atoms with Crippen LogP contribution >= 0.6 is 0 Å². The molecule has 3 aliphatic heterocycles. The summed E-state index contributed by atoms with van der Waals surface area (Å²) in [5, 5.41) is 0. The summed E-state index contributed by atoms with van der Waals surface area (Å²) in [6.45, 7) is 6.04. The van der Waals surface area contributed by atoms with Crippen LogP contribution in [0.15, 0.2) is 24.5 Å². The maximum Gasteiger partial charge on any atom is 0.223 e. The molecule has 1 amide bonds. The highest BCUT2D eigenvalue weighted by Gasteiger charge is 2.46. The Kier molecular flexibility index (Phi) is 5.04. The van der Waals surface area contributed by atoms with Gasteiger partial charge in [0.15, 0.2) is 0 Å². The van der Waals surface area contributed by atoms with Crippen LogP contribution in [0.25, 0.3) is 0 Å². The van der Waals surface area contributed by atoms with Gasteiger partial charge in [-0.1, -0.05) is 0 Å². The molecule has 0 aliphatic carbocycles. The number of piperidine rings is 1. The highest BCUT2D eigenvalue weighted by molar-refractivity contribution is 5.79. The number of ether oxygens (including phenoxy) is 1. The standard InChI is InChI=1S/C20H29N3O2/c24-19-1-6-20(23(19)16-17-2-9-21-10-3-17)7-11-22(12-8-20)15-18-4-13-25-14-5-18/h2-3,9-10,18H,1,4-8,11-16H2. The van der Waals surface area contributed by atoms with E-state index in [0.29, 0.717) is 12.3 Å². The van der Waals surface area contributed by atoms with Crippen LogP contribution in [0.1, 0.15) is 44.1 Å². The molecule has 5 nitrogen and oxygen atoms in total. The van der Waals surface area contributed by atoms with Crippen LogP contribution in [0, 0.1) is 5.92 Å². The van der Waals surface area contributed by atoms with E-state index >= 15 is 0 Å². The monoisotopic (exact) mass is 343 g/mol. The zero-order valence-corrected chi connectivity index (χ0v) is 15.0. The molecule has 4 heterocycles. The summed E-state index contributed by atoms with van der Waals surface area (Å²) in [7, 11) is 0. The lowest BCUT2D eigenvalue weighted by atomic mass is 9.84. The molecular weight excluding hydrogens is 314 g/mol. The number of carbonyl (C=O) groups excluding carboxylic acids is 1. The van der Waals surface area contributed by atoms with Gasteiger partial charge in [0.1, 0.15) is 0 Å². The molecule has 0 aromatic carbocycles. The highest BCUT2D eigenvalue weighted by Crippen LogP contribution is 2.40. The van der Waals surface area contributed by atoms with E-state index in [1.807, 2.05) is 24.5 Å². The van der Waals surface area contributed by atoms with Crippen molar-refractivity contribution in [1.29, 1.82) is 0 Å². The van der Waals surface area contributed by atoms with Crippen LogP contribution in [-0.2, 0) is 16.1 Å². The smallest absolute Gasteiger partial charge is 0.223 e. The predicted molar refractivity (Wildman–Crippen MR) is 96.0 cm³/mol. The van der Waals surface area contributed by atoms with Crippen LogP contribution in [0.2, 0.25) is 0 Å². The number of pyridine rings is 1. The number of hydrogen-bond acceptors (Lipinski definition) is 4. The SMILES string of the molecule is O=C1CCC2(CCN(CC3CCOCC3)CC2)N1Cc1ccncc1. The van der Waals surface area contributed by atoms with Gasteiger partial charge in [-0.05, 0) is 55.7 Å². The van der Waals surface area contributed by atoms with Crippen LogP contribution in [0.4, 0.5) is 0 Å². The van der Waals surface area contributed by atoms with Gasteiger partial charge in [0.2, 0.25) is 5.91 Å². The van der Waals surface area contributed by atoms with Gasteiger partial charge < -0.3 is 14.5 Å². The molecule has 0 unspecified atom stereocenters. The molecule has 1 aromatic rings. The van der Waals surface area contributed by atoms with E-state index in [4.69, 9.17) is 4.74 Å². The fraction of sp³-hybridized carbons (Fsp3) is 0.700. The lowest BCUT2D eigenvalue weighted by Crippen LogP contribution is -2.53. The third kappa shape index (κ3) is 3.72. The second kappa shape index (κ2) is 7.42. The largest absolute Gasteiger partial charge is 0.381 e. The number of aromatic nitrogens is 1. The minimum absolute atomic E-state index is 0.0898. The van der Waals surface area contributed by atoms with E-state index in [1.54, 1.807) is 0 Å². The highest BCUT2D eigenvalue weighted by atomic mass is 16.5. The molecule has 5 heteroatoms. The molecule has 0 radical (unpaired) electrons. The quantitative estimate of drug-likeness (QED) is 0.842. The predicted octanol–water partition coefficient (Wildman–Crippen LogP) is 2.47. The van der Waals surface area contributed by atoms with Crippen LogP contribution in [0.5, 0.6) is 0 Å². The van der Waals surface area contributed by atoms with Crippen molar-refractivity contribution in [2.45, 2.75) is 50.6 Å². The fourth-order valence-corrected chi connectivity index (χ4v) is 4.77. The van der Waals surface area contributed by atoms with Gasteiger partial charge in [-0.3, -0.25) is 9.78 Å². The molecule has 3 aliphatic rings. The van der Waals surface area contributed by atoms with E-state index in [1.165, 1.54) is 24.9 Å². The van der Waals surface area contributed by atoms with E-state index < -0.39 is 0 Å². The molecule has 0 atom stereocenters. The lowest BCUT2D eigenvalue weighted by molar-refractivity contribution is -0.133. The number of nitrogens with zero attached hydrogens (tertiary/aromatic N) is 3. The first-order valence-corrected chi connectivity index (χ1v) is 9.75. The molecule has 4 rings (SSSR count). The van der Waals surface area contributed by atoms with Gasteiger partial charge in [-0.15, -0.1) is 0 Å². The Morgan fingerprint density at radius 2 is 1.84 bits per heavy atom. The van der Waals surface area contributed by atoms with Gasteiger partial charge in [-0.25, -0.2) is 0 Å². The van der Waals surface area contributed by atoms with E-state index in [2.05, 4.69) is 14.8 Å². The van der Waals surface area contributed by atoms with E-state index in [9.17, 15) is 4.79 Å². The zero-order valence-electron chi connectivity index (χ0n) is 15.0. The zero-order chi connectivity index (χ0) is 17.1. The Morgan fingerprint density at radius 1 is 1.12 bits per heavy atom. The van der Waals surface area contributed by atoms with Crippen molar-refractivity contribution in [3.63, 3.8) is 0 Å². The summed E-state index contributed by atoms with van der Waals surface area (Å²) in [6, 6.07) is 4.05. The molecule has 1 spiro atoms. The normalized spacial score (nSPS) is 25.0. The first-order valence-electron chi connectivity index (χ1n) is 9.75. The number of carbonyl (C=O) groups is 1. The molecule has 1 aromatic heterocycles. The average Bonchev–Trinajstić information content (AvgIpc) is 2.95. The molecule has 0 N–H and O–H groups in total. The van der Waals surface area contributed by atoms with Crippen molar-refractivity contribution in [2.75, 3.05) is 32.8 Å². The number of amides is 1. The maximum atomic E-state index is 12.5. The third-order valence-corrected chi connectivity index (χ3v) is 6.41. The number of rotatable bonds is 4. The van der Waals surface area contributed by atoms with Crippen LogP contribution in [-0.4, -0.2) is 59.1 Å². The second-order valence-electron chi connectivity index (χ2n) is 7.92. The number of likely N-dealkylation sites (tertiary alicyclic amines) is 2. The van der Waals surface area contributed by atoms with Gasteiger partial charge in [0.25, 0.3) is 0 Å². The summed E-state index contributed by atoms with van der Waals surface area (Å²) >= 11 is 0. The molecule has 25 heavy (non-hydrogen) atoms. The van der Waals surface area contributed by atoms with Crippen molar-refractivity contribution in [2.24, 2.45) is 5.92 Å². The Hall–Kier alpha value is -1.46. The Bertz CT molecular complexity index is 578. The van der Waals surface area contributed by atoms with Crippen molar-refractivity contribution in [3.8, 4) is 0 Å². The molecule has 3 fully saturated rings. The molecule has 136 valence electrons. The summed E-state index contributed by atoms with van der Waals surface area (Å²) in [5.41, 5.74) is 1.28. The number of hydrogen-bond donors (Lipinski definition) is 0. The molecule has 0 saturated carbocycles. The summed E-state index contributed by atoms with van der Waals surface area (Å²) in [6.07, 6.45) is 10.0. The Balaban J connectivity index is 1.37.